The van der Waals surface area contributed by atoms with Crippen LogP contribution in [0.3, 0.4) is 0 Å². The largest absolute Gasteiger partial charge is 0.401 e. The number of carbonyl (C=O) groups is 1. The maximum atomic E-state index is 12.3. The van der Waals surface area contributed by atoms with Gasteiger partial charge in [0, 0.05) is 26.1 Å². The van der Waals surface area contributed by atoms with Gasteiger partial charge in [-0.05, 0) is 24.7 Å². The molecule has 1 fully saturated rings. The Balaban J connectivity index is 2.62. The van der Waals surface area contributed by atoms with Gasteiger partial charge in [0.2, 0.25) is 5.91 Å². The molecule has 124 valence electrons. The Morgan fingerprint density at radius 2 is 2.00 bits per heavy atom. The minimum Gasteiger partial charge on any atom is -0.393 e. The molecule has 0 aliphatic carbocycles. The summed E-state index contributed by atoms with van der Waals surface area (Å²) in [5.74, 6) is -0.0254. The lowest BCUT2D eigenvalue weighted by molar-refractivity contribution is -0.133. The number of carbonyl (C=O) groups excluding carboxylic acids is 1. The summed E-state index contributed by atoms with van der Waals surface area (Å²) in [6, 6.07) is -0.381. The maximum absolute atomic E-state index is 12.3. The van der Waals surface area contributed by atoms with Crippen molar-refractivity contribution in [1.82, 2.24) is 10.2 Å². The number of piperidine rings is 1. The lowest BCUT2D eigenvalue weighted by Crippen LogP contribution is -2.52. The Kier molecular flexibility index (Phi) is 6.46. The molecule has 3 unspecified atom stereocenters. The second-order valence-electron chi connectivity index (χ2n) is 6.27. The van der Waals surface area contributed by atoms with Gasteiger partial charge in [0.1, 0.15) is 0 Å². The lowest BCUT2D eigenvalue weighted by Gasteiger charge is -2.39. The van der Waals surface area contributed by atoms with Crippen LogP contribution in [0.25, 0.3) is 0 Å². The molecule has 1 heterocycles. The molecular weight excluding hydrogens is 285 g/mol. The predicted molar refractivity (Wildman–Crippen MR) is 73.7 cm³/mol. The van der Waals surface area contributed by atoms with Crippen LogP contribution in [0.5, 0.6) is 0 Å². The number of likely N-dealkylation sites (tertiary alicyclic amines) is 1. The SMILES string of the molecule is CC(=O)N1CC(CC(O)C(C)C)CC(NCC(F)(F)F)C1. The van der Waals surface area contributed by atoms with Crippen LogP contribution in [0, 0.1) is 11.8 Å². The van der Waals surface area contributed by atoms with E-state index in [1.54, 1.807) is 4.90 Å². The number of aliphatic hydroxyl groups is 1. The molecule has 2 N–H and O–H groups in total. The molecule has 1 rings (SSSR count). The van der Waals surface area contributed by atoms with E-state index in [9.17, 15) is 23.1 Å². The highest BCUT2D eigenvalue weighted by molar-refractivity contribution is 5.73. The number of nitrogens with one attached hydrogen (secondary N) is 1. The Hall–Kier alpha value is -0.820. The van der Waals surface area contributed by atoms with Gasteiger partial charge in [-0.1, -0.05) is 13.8 Å². The summed E-state index contributed by atoms with van der Waals surface area (Å²) < 4.78 is 36.9. The molecule has 0 radical (unpaired) electrons. The van der Waals surface area contributed by atoms with Crippen molar-refractivity contribution < 1.29 is 23.1 Å². The third-order valence-corrected chi connectivity index (χ3v) is 3.92. The van der Waals surface area contributed by atoms with Gasteiger partial charge in [-0.2, -0.15) is 13.2 Å². The summed E-state index contributed by atoms with van der Waals surface area (Å²) in [6.45, 7) is 4.96. The highest BCUT2D eigenvalue weighted by Crippen LogP contribution is 2.24. The van der Waals surface area contributed by atoms with Crippen LogP contribution in [-0.2, 0) is 4.79 Å². The fourth-order valence-electron chi connectivity index (χ4n) is 2.65. The summed E-state index contributed by atoms with van der Waals surface area (Å²) in [7, 11) is 0. The zero-order chi connectivity index (χ0) is 16.2. The molecule has 1 amide bonds. The molecule has 3 atom stereocenters. The first-order valence-corrected chi connectivity index (χ1v) is 7.32. The van der Waals surface area contributed by atoms with Crippen molar-refractivity contribution in [2.24, 2.45) is 11.8 Å². The lowest BCUT2D eigenvalue weighted by atomic mass is 9.86. The second kappa shape index (κ2) is 7.45. The van der Waals surface area contributed by atoms with E-state index >= 15 is 0 Å². The molecule has 0 spiro atoms. The van der Waals surface area contributed by atoms with E-state index in [1.807, 2.05) is 13.8 Å². The molecule has 7 heteroatoms. The fraction of sp³-hybridized carbons (Fsp3) is 0.929. The van der Waals surface area contributed by atoms with Crippen LogP contribution >= 0.6 is 0 Å². The van der Waals surface area contributed by atoms with E-state index in [0.717, 1.165) is 0 Å². The third kappa shape index (κ3) is 6.65. The highest BCUT2D eigenvalue weighted by atomic mass is 19.4. The number of alkyl halides is 3. The number of hydrogen-bond acceptors (Lipinski definition) is 3. The van der Waals surface area contributed by atoms with Gasteiger partial charge in [-0.25, -0.2) is 0 Å². The standard InChI is InChI=1S/C14H25F3N2O2/c1-9(2)13(21)5-11-4-12(18-8-14(15,16)17)7-19(6-11)10(3)20/h9,11-13,18,21H,4-8H2,1-3H3. The van der Waals surface area contributed by atoms with Crippen molar-refractivity contribution in [3.8, 4) is 0 Å². The smallest absolute Gasteiger partial charge is 0.393 e. The van der Waals surface area contributed by atoms with Gasteiger partial charge in [-0.15, -0.1) is 0 Å². The Labute approximate surface area is 123 Å². The molecule has 0 aromatic carbocycles. The normalized spacial score (nSPS) is 25.2. The molecule has 21 heavy (non-hydrogen) atoms. The van der Waals surface area contributed by atoms with Crippen molar-refractivity contribution in [2.75, 3.05) is 19.6 Å². The second-order valence-corrected chi connectivity index (χ2v) is 6.27. The van der Waals surface area contributed by atoms with Gasteiger partial charge in [-0.3, -0.25) is 4.79 Å². The van der Waals surface area contributed by atoms with Gasteiger partial charge in [0.15, 0.2) is 0 Å². The van der Waals surface area contributed by atoms with Crippen LogP contribution in [0.4, 0.5) is 13.2 Å². The maximum Gasteiger partial charge on any atom is 0.401 e. The molecule has 1 aliphatic rings. The number of amides is 1. The number of rotatable bonds is 5. The van der Waals surface area contributed by atoms with Crippen molar-refractivity contribution >= 4 is 5.91 Å². The molecule has 1 aliphatic heterocycles. The minimum absolute atomic E-state index is 0.0192. The van der Waals surface area contributed by atoms with E-state index in [-0.39, 0.29) is 23.8 Å². The molecule has 0 aromatic heterocycles. The first kappa shape index (κ1) is 18.2. The minimum atomic E-state index is -4.26. The third-order valence-electron chi connectivity index (χ3n) is 3.92. The van der Waals surface area contributed by atoms with Gasteiger partial charge < -0.3 is 15.3 Å². The topological polar surface area (TPSA) is 52.6 Å². The van der Waals surface area contributed by atoms with E-state index in [0.29, 0.717) is 25.9 Å². The van der Waals surface area contributed by atoms with E-state index in [1.165, 1.54) is 6.92 Å². The molecule has 0 saturated carbocycles. The average Bonchev–Trinajstić information content (AvgIpc) is 2.35. The van der Waals surface area contributed by atoms with Crippen LogP contribution in [0.15, 0.2) is 0 Å². The van der Waals surface area contributed by atoms with E-state index in [4.69, 9.17) is 0 Å². The number of aliphatic hydroxyl groups excluding tert-OH is 1. The highest BCUT2D eigenvalue weighted by Gasteiger charge is 2.33. The molecule has 1 saturated heterocycles. The molecule has 0 bridgehead atoms. The summed E-state index contributed by atoms with van der Waals surface area (Å²) in [6.07, 6.45) is -3.70. The molecule has 4 nitrogen and oxygen atoms in total. The fourth-order valence-corrected chi connectivity index (χ4v) is 2.65. The van der Waals surface area contributed by atoms with Crippen LogP contribution in [-0.4, -0.2) is 53.9 Å². The summed E-state index contributed by atoms with van der Waals surface area (Å²) in [4.78, 5) is 13.1. The molecular formula is C14H25F3N2O2. The zero-order valence-electron chi connectivity index (χ0n) is 12.8. The number of nitrogens with zero attached hydrogens (tertiary/aromatic N) is 1. The van der Waals surface area contributed by atoms with Gasteiger partial charge in [0.25, 0.3) is 0 Å². The van der Waals surface area contributed by atoms with Crippen LogP contribution in [0.2, 0.25) is 0 Å². The van der Waals surface area contributed by atoms with Crippen molar-refractivity contribution in [2.45, 2.75) is 51.9 Å². The van der Waals surface area contributed by atoms with E-state index < -0.39 is 18.8 Å². The van der Waals surface area contributed by atoms with E-state index in [2.05, 4.69) is 5.32 Å². The van der Waals surface area contributed by atoms with Crippen molar-refractivity contribution in [3.63, 3.8) is 0 Å². The quantitative estimate of drug-likeness (QED) is 0.814. The Morgan fingerprint density at radius 1 is 1.38 bits per heavy atom. The van der Waals surface area contributed by atoms with Gasteiger partial charge in [0.05, 0.1) is 12.6 Å². The summed E-state index contributed by atoms with van der Waals surface area (Å²) in [5.41, 5.74) is 0. The Morgan fingerprint density at radius 3 is 2.48 bits per heavy atom. The van der Waals surface area contributed by atoms with Crippen molar-refractivity contribution in [1.29, 1.82) is 0 Å². The van der Waals surface area contributed by atoms with Crippen LogP contribution in [0.1, 0.15) is 33.6 Å². The van der Waals surface area contributed by atoms with Crippen LogP contribution < -0.4 is 5.32 Å². The number of hydrogen-bond donors (Lipinski definition) is 2. The number of halogens is 3. The average molecular weight is 310 g/mol. The Bertz CT molecular complexity index is 348. The van der Waals surface area contributed by atoms with Gasteiger partial charge >= 0.3 is 6.18 Å². The first-order chi connectivity index (χ1) is 9.58. The first-order valence-electron chi connectivity index (χ1n) is 7.32. The molecule has 0 aromatic rings. The predicted octanol–water partition coefficient (Wildman–Crippen LogP) is 1.78. The summed E-state index contributed by atoms with van der Waals surface area (Å²) >= 11 is 0. The monoisotopic (exact) mass is 310 g/mol. The summed E-state index contributed by atoms with van der Waals surface area (Å²) in [5, 5.41) is 12.4. The van der Waals surface area contributed by atoms with Crippen molar-refractivity contribution in [3.05, 3.63) is 0 Å². The zero-order valence-corrected chi connectivity index (χ0v) is 12.8.